The first-order valence-corrected chi connectivity index (χ1v) is 7.77. The first kappa shape index (κ1) is 20.0. The first-order chi connectivity index (χ1) is 9.28. The van der Waals surface area contributed by atoms with E-state index in [1.165, 1.54) is 19.5 Å². The molecule has 0 nitrogen and oxygen atoms in total. The maximum absolute atomic E-state index is 3.75. The van der Waals surface area contributed by atoms with Crippen molar-refractivity contribution < 1.29 is 0 Å². The molecule has 0 radical (unpaired) electrons. The second-order valence-corrected chi connectivity index (χ2v) is 4.12. The van der Waals surface area contributed by atoms with E-state index >= 15 is 0 Å². The van der Waals surface area contributed by atoms with Crippen molar-refractivity contribution in [2.45, 2.75) is 41.5 Å². The molecule has 0 saturated heterocycles. The Morgan fingerprint density at radius 2 is 1.05 bits per heavy atom. The van der Waals surface area contributed by atoms with Crippen LogP contribution in [0.25, 0.3) is 24.3 Å². The highest BCUT2D eigenvalue weighted by Gasteiger charge is 1.92. The lowest BCUT2D eigenvalue weighted by Gasteiger charge is -1.78. The van der Waals surface area contributed by atoms with E-state index in [1.807, 2.05) is 52.0 Å². The zero-order valence-corrected chi connectivity index (χ0v) is 14.1. The molecule has 0 saturated carbocycles. The number of hydrogen-bond donors (Lipinski definition) is 0. The second kappa shape index (κ2) is 13.1. The van der Waals surface area contributed by atoms with Crippen molar-refractivity contribution in [3.8, 4) is 0 Å². The highest BCUT2D eigenvalue weighted by atomic mass is 32.1. The molecule has 1 heteroatoms. The van der Waals surface area contributed by atoms with E-state index in [0.29, 0.717) is 0 Å². The summed E-state index contributed by atoms with van der Waals surface area (Å²) >= 11 is 1.80. The zero-order chi connectivity index (χ0) is 15.3. The normalized spacial score (nSPS) is 13.4. The maximum Gasteiger partial charge on any atom is 0.0312 e. The first-order valence-electron chi connectivity index (χ1n) is 6.95. The Bertz CT molecular complexity index is 530. The summed E-state index contributed by atoms with van der Waals surface area (Å²) in [5.41, 5.74) is 0. The molecule has 1 rings (SSSR count). The molecule has 0 aliphatic carbocycles. The lowest BCUT2D eigenvalue weighted by Crippen LogP contribution is -2.37. The number of rotatable bonds is 2. The van der Waals surface area contributed by atoms with Gasteiger partial charge in [-0.3, -0.25) is 0 Å². The summed E-state index contributed by atoms with van der Waals surface area (Å²) in [4.78, 5) is 0. The van der Waals surface area contributed by atoms with Gasteiger partial charge in [0.1, 0.15) is 0 Å². The predicted molar refractivity (Wildman–Crippen MR) is 95.1 cm³/mol. The van der Waals surface area contributed by atoms with Gasteiger partial charge in [-0.05, 0) is 24.3 Å². The molecule has 0 fully saturated rings. The van der Waals surface area contributed by atoms with Crippen LogP contribution in [0.4, 0.5) is 0 Å². The van der Waals surface area contributed by atoms with Crippen molar-refractivity contribution >= 4 is 35.6 Å². The summed E-state index contributed by atoms with van der Waals surface area (Å²) in [7, 11) is 0. The van der Waals surface area contributed by atoms with Gasteiger partial charge in [0.15, 0.2) is 0 Å². The minimum absolute atomic E-state index is 1.24. The van der Waals surface area contributed by atoms with Crippen molar-refractivity contribution in [1.82, 2.24) is 0 Å². The molecule has 106 valence electrons. The molecule has 0 aromatic carbocycles. The fourth-order valence-corrected chi connectivity index (χ4v) is 2.55. The summed E-state index contributed by atoms with van der Waals surface area (Å²) in [5.74, 6) is 0. The molecule has 0 aliphatic heterocycles. The Balaban J connectivity index is 0. The van der Waals surface area contributed by atoms with E-state index in [0.717, 1.165) is 0 Å². The van der Waals surface area contributed by atoms with Crippen LogP contribution in [-0.2, 0) is 0 Å². The van der Waals surface area contributed by atoms with Crippen molar-refractivity contribution in [2.75, 3.05) is 0 Å². The van der Waals surface area contributed by atoms with Gasteiger partial charge >= 0.3 is 0 Å². The van der Waals surface area contributed by atoms with Gasteiger partial charge in [-0.15, -0.1) is 11.3 Å². The summed E-state index contributed by atoms with van der Waals surface area (Å²) in [6.07, 6.45) is 12.0. The van der Waals surface area contributed by atoms with Gasteiger partial charge in [-0.25, -0.2) is 0 Å². The Labute approximate surface area is 122 Å². The molecule has 0 bridgehead atoms. The van der Waals surface area contributed by atoms with Gasteiger partial charge < -0.3 is 0 Å². The molecule has 0 spiro atoms. The minimum Gasteiger partial charge on any atom is -0.136 e. The van der Waals surface area contributed by atoms with Crippen molar-refractivity contribution in [3.05, 3.63) is 44.8 Å². The van der Waals surface area contributed by atoms with Crippen LogP contribution in [0.5, 0.6) is 0 Å². The topological polar surface area (TPSA) is 0 Å². The van der Waals surface area contributed by atoms with Crippen LogP contribution in [-0.4, -0.2) is 0 Å². The second-order valence-electron chi connectivity index (χ2n) is 3.04. The number of hydrogen-bond acceptors (Lipinski definition) is 1. The molecule has 0 N–H and O–H groups in total. The van der Waals surface area contributed by atoms with Crippen molar-refractivity contribution in [2.24, 2.45) is 0 Å². The molecule has 0 atom stereocenters. The highest BCUT2D eigenvalue weighted by molar-refractivity contribution is 7.07. The van der Waals surface area contributed by atoms with Gasteiger partial charge in [0.2, 0.25) is 0 Å². The van der Waals surface area contributed by atoms with Crippen LogP contribution in [0.3, 0.4) is 0 Å². The fraction of sp³-hybridized carbons (Fsp3) is 0.333. The van der Waals surface area contributed by atoms with E-state index in [2.05, 4.69) is 39.2 Å². The number of thiophene rings is 1. The monoisotopic (exact) mass is 276 g/mol. The molecular formula is C18H28S. The van der Waals surface area contributed by atoms with E-state index in [-0.39, 0.29) is 0 Å². The summed E-state index contributed by atoms with van der Waals surface area (Å²) in [6, 6.07) is 0. The van der Waals surface area contributed by atoms with E-state index in [4.69, 9.17) is 0 Å². The van der Waals surface area contributed by atoms with Crippen LogP contribution in [0.2, 0.25) is 0 Å². The lowest BCUT2D eigenvalue weighted by molar-refractivity contribution is 1.50. The van der Waals surface area contributed by atoms with E-state index < -0.39 is 0 Å². The third kappa shape index (κ3) is 5.89. The summed E-state index contributed by atoms with van der Waals surface area (Å²) in [6.45, 7) is 19.6. The SMILES string of the molecule is C=C/C=c1/c(=C/C=C)/c(=C\C)s/c1=C/C.CC.CC. The Morgan fingerprint density at radius 3 is 1.26 bits per heavy atom. The smallest absolute Gasteiger partial charge is 0.0312 e. The molecule has 1 aromatic heterocycles. The van der Waals surface area contributed by atoms with Gasteiger partial charge in [0.25, 0.3) is 0 Å². The highest BCUT2D eigenvalue weighted by Crippen LogP contribution is 1.73. The molecule has 1 heterocycles. The third-order valence-electron chi connectivity index (χ3n) is 2.13. The minimum atomic E-state index is 1.24. The number of allylic oxidation sites excluding steroid dienone is 2. The average Bonchev–Trinajstić information content (AvgIpc) is 2.82. The van der Waals surface area contributed by atoms with E-state index in [9.17, 15) is 0 Å². The van der Waals surface area contributed by atoms with Crippen LogP contribution in [0.15, 0.2) is 25.3 Å². The summed E-state index contributed by atoms with van der Waals surface area (Å²) < 4.78 is 2.58. The van der Waals surface area contributed by atoms with Crippen LogP contribution in [0, 0.1) is 0 Å². The third-order valence-corrected chi connectivity index (χ3v) is 3.49. The van der Waals surface area contributed by atoms with Gasteiger partial charge in [0, 0.05) is 9.06 Å². The van der Waals surface area contributed by atoms with Crippen molar-refractivity contribution in [1.29, 1.82) is 0 Å². The molecule has 19 heavy (non-hydrogen) atoms. The average molecular weight is 276 g/mol. The van der Waals surface area contributed by atoms with Crippen LogP contribution in [0.1, 0.15) is 41.5 Å². The standard InChI is InChI=1S/C14H16S.2C2H6/c1-5-9-11-12(10-6-2)14(8-4)15-13(11)7-3;2*1-2/h5-10H,1-2H2,3-4H3;2*1-2H3/b11-9-,12-10-,13-7+,14-8+;;. The van der Waals surface area contributed by atoms with Gasteiger partial charge in [-0.2, -0.15) is 0 Å². The molecule has 0 unspecified atom stereocenters. The lowest BCUT2D eigenvalue weighted by atomic mass is 10.2. The van der Waals surface area contributed by atoms with Gasteiger partial charge in [-0.1, -0.05) is 77.3 Å². The van der Waals surface area contributed by atoms with E-state index in [1.54, 1.807) is 11.3 Å². The molecular weight excluding hydrogens is 248 g/mol. The van der Waals surface area contributed by atoms with Crippen molar-refractivity contribution in [3.63, 3.8) is 0 Å². The maximum atomic E-state index is 3.75. The Hall–Kier alpha value is -1.34. The Morgan fingerprint density at radius 1 is 0.737 bits per heavy atom. The Kier molecular flexibility index (Phi) is 13.8. The molecule has 1 aromatic rings. The zero-order valence-electron chi connectivity index (χ0n) is 13.3. The van der Waals surface area contributed by atoms with Crippen LogP contribution >= 0.6 is 11.3 Å². The largest absolute Gasteiger partial charge is 0.136 e. The quantitative estimate of drug-likeness (QED) is 0.777. The predicted octanol–water partition coefficient (Wildman–Crippen LogP) is 3.33. The molecule has 0 aliphatic rings. The summed E-state index contributed by atoms with van der Waals surface area (Å²) in [5, 5.41) is 2.48. The molecule has 0 amide bonds. The van der Waals surface area contributed by atoms with Crippen LogP contribution < -0.4 is 19.5 Å². The fourth-order valence-electron chi connectivity index (χ4n) is 1.50. The van der Waals surface area contributed by atoms with Gasteiger partial charge in [0.05, 0.1) is 0 Å².